The number of carbonyl (C=O) groups is 3. The van der Waals surface area contributed by atoms with Gasteiger partial charge in [0, 0.05) is 38.5 Å². The second-order valence-corrected chi connectivity index (χ2v) is 8.55. The van der Waals surface area contributed by atoms with Crippen molar-refractivity contribution < 1.29 is 28.6 Å². The number of carbonyl (C=O) groups excluding carboxylic acids is 2. The molecule has 4 rings (SSSR count). The molecule has 3 aromatic rings. The Kier molecular flexibility index (Phi) is 7.50. The molecule has 2 unspecified atom stereocenters. The number of ether oxygens (including phenoxy) is 1. The number of pyridine rings is 2. The summed E-state index contributed by atoms with van der Waals surface area (Å²) in [4.78, 5) is 54.8. The number of urea groups is 1. The van der Waals surface area contributed by atoms with Gasteiger partial charge in [-0.05, 0) is 36.4 Å². The molecule has 0 radical (unpaired) electrons. The number of hydrogen-bond donors (Lipinski definition) is 3. The van der Waals surface area contributed by atoms with Crippen molar-refractivity contribution in [1.29, 1.82) is 0 Å². The summed E-state index contributed by atoms with van der Waals surface area (Å²) in [7, 11) is 1.46. The minimum atomic E-state index is -1.41. The second-order valence-electron chi connectivity index (χ2n) is 8.11. The number of carboxylic acid groups (broad SMARTS) is 1. The lowest BCUT2D eigenvalue weighted by atomic mass is 10.1. The Morgan fingerprint density at radius 1 is 1.19 bits per heavy atom. The van der Waals surface area contributed by atoms with E-state index in [1.807, 2.05) is 0 Å². The summed E-state index contributed by atoms with van der Waals surface area (Å²) in [6.07, 6.45) is 2.43. The Morgan fingerprint density at radius 2 is 1.97 bits per heavy atom. The summed E-state index contributed by atoms with van der Waals surface area (Å²) < 4.78 is 21.2. The lowest BCUT2D eigenvalue weighted by molar-refractivity contribution is -0.119. The van der Waals surface area contributed by atoms with Crippen LogP contribution in [0.4, 0.5) is 20.7 Å². The number of anilines is 2. The largest absolute Gasteiger partial charge is 0.477 e. The highest BCUT2D eigenvalue weighted by Crippen LogP contribution is 2.24. The molecular formula is C24H21ClFN5O6. The maximum atomic E-state index is 14.9. The SMILES string of the molecule is COC1CC(C(=O)Nc2ccc(-n3cccc(C(=O)O)c3=O)cc2F)N(C(=O)Nc2ccc(Cl)cn2)C1. The smallest absolute Gasteiger partial charge is 0.341 e. The number of nitrogens with zero attached hydrogens (tertiary/aromatic N) is 3. The third-order valence-corrected chi connectivity index (χ3v) is 6.01. The number of amides is 3. The average Bonchev–Trinajstić information content (AvgIpc) is 3.32. The van der Waals surface area contributed by atoms with Gasteiger partial charge in [0.15, 0.2) is 0 Å². The molecule has 3 N–H and O–H groups in total. The van der Waals surface area contributed by atoms with E-state index >= 15 is 0 Å². The van der Waals surface area contributed by atoms with Crippen LogP contribution in [-0.4, -0.2) is 63.3 Å². The fraction of sp³-hybridized carbons (Fsp3) is 0.208. The summed E-state index contributed by atoms with van der Waals surface area (Å²) in [5.41, 5.74) is -1.42. The minimum Gasteiger partial charge on any atom is -0.477 e. The van der Waals surface area contributed by atoms with Crippen LogP contribution in [0.25, 0.3) is 5.69 Å². The van der Waals surface area contributed by atoms with Gasteiger partial charge in [0.1, 0.15) is 23.2 Å². The fourth-order valence-corrected chi connectivity index (χ4v) is 4.02. The van der Waals surface area contributed by atoms with Gasteiger partial charge in [-0.3, -0.25) is 19.5 Å². The first-order valence-electron chi connectivity index (χ1n) is 11.0. The van der Waals surface area contributed by atoms with E-state index in [0.29, 0.717) is 5.02 Å². The Morgan fingerprint density at radius 3 is 2.62 bits per heavy atom. The van der Waals surface area contributed by atoms with Crippen LogP contribution in [0.1, 0.15) is 16.8 Å². The number of benzene rings is 1. The van der Waals surface area contributed by atoms with Crippen molar-refractivity contribution in [3.05, 3.63) is 81.6 Å². The van der Waals surface area contributed by atoms with Crippen molar-refractivity contribution in [3.8, 4) is 5.69 Å². The standard InChI is InChI=1S/C24H21ClFN5O6/c1-37-15-10-19(31(12-15)24(36)29-20-7-4-13(25)11-27-20)21(32)28-18-6-5-14(9-17(18)26)30-8-2-3-16(22(30)33)23(34)35/h2-9,11,15,19H,10,12H2,1H3,(H,28,32)(H,34,35)(H,27,29,36). The first-order valence-corrected chi connectivity index (χ1v) is 11.3. The average molecular weight is 530 g/mol. The summed E-state index contributed by atoms with van der Waals surface area (Å²) in [6, 6.07) is 7.58. The zero-order valence-electron chi connectivity index (χ0n) is 19.4. The molecule has 1 saturated heterocycles. The maximum Gasteiger partial charge on any atom is 0.341 e. The zero-order chi connectivity index (χ0) is 26.7. The molecule has 0 bridgehead atoms. The monoisotopic (exact) mass is 529 g/mol. The lowest BCUT2D eigenvalue weighted by Gasteiger charge is -2.24. The number of rotatable bonds is 6. The highest BCUT2D eigenvalue weighted by molar-refractivity contribution is 6.30. The van der Waals surface area contributed by atoms with E-state index in [2.05, 4.69) is 15.6 Å². The summed E-state index contributed by atoms with van der Waals surface area (Å²) in [6.45, 7) is 0.123. The van der Waals surface area contributed by atoms with Crippen molar-refractivity contribution in [2.75, 3.05) is 24.3 Å². The van der Waals surface area contributed by atoms with E-state index in [1.54, 1.807) is 6.07 Å². The van der Waals surface area contributed by atoms with Crippen LogP contribution >= 0.6 is 11.6 Å². The van der Waals surface area contributed by atoms with Gasteiger partial charge >= 0.3 is 12.0 Å². The molecule has 13 heteroatoms. The molecule has 1 aliphatic heterocycles. The lowest BCUT2D eigenvalue weighted by Crippen LogP contribution is -2.45. The first kappa shape index (κ1) is 25.8. The Labute approximate surface area is 214 Å². The summed E-state index contributed by atoms with van der Waals surface area (Å²) >= 11 is 5.81. The van der Waals surface area contributed by atoms with Crippen molar-refractivity contribution in [2.45, 2.75) is 18.6 Å². The number of hydrogen-bond acceptors (Lipinski definition) is 6. The topological polar surface area (TPSA) is 143 Å². The van der Waals surface area contributed by atoms with E-state index in [9.17, 15) is 23.6 Å². The molecule has 0 saturated carbocycles. The summed E-state index contributed by atoms with van der Waals surface area (Å²) in [5, 5.41) is 14.6. The predicted octanol–water partition coefficient (Wildman–Crippen LogP) is 2.98. The molecule has 1 aromatic carbocycles. The van der Waals surface area contributed by atoms with E-state index in [0.717, 1.165) is 16.7 Å². The number of aromatic nitrogens is 2. The molecule has 1 aliphatic rings. The number of methoxy groups -OCH3 is 1. The molecule has 192 valence electrons. The Hall–Kier alpha value is -4.29. The molecule has 3 heterocycles. The number of likely N-dealkylation sites (tertiary alicyclic amines) is 1. The summed E-state index contributed by atoms with van der Waals surface area (Å²) in [5.74, 6) is -2.68. The number of carboxylic acids is 1. The van der Waals surface area contributed by atoms with Gasteiger partial charge < -0.3 is 20.1 Å². The minimum absolute atomic E-state index is 0.0698. The zero-order valence-corrected chi connectivity index (χ0v) is 20.1. The van der Waals surface area contributed by atoms with Gasteiger partial charge in [0.05, 0.1) is 22.5 Å². The van der Waals surface area contributed by atoms with Crippen LogP contribution in [0.3, 0.4) is 0 Å². The normalized spacial score (nSPS) is 16.9. The van der Waals surface area contributed by atoms with E-state index in [-0.39, 0.29) is 30.2 Å². The van der Waals surface area contributed by atoms with Crippen molar-refractivity contribution >= 4 is 41.0 Å². The van der Waals surface area contributed by atoms with Crippen molar-refractivity contribution in [1.82, 2.24) is 14.5 Å². The van der Waals surface area contributed by atoms with Crippen LogP contribution in [0, 0.1) is 5.82 Å². The third kappa shape index (κ3) is 5.60. The number of aromatic carboxylic acids is 1. The van der Waals surface area contributed by atoms with Crippen LogP contribution < -0.4 is 16.2 Å². The third-order valence-electron chi connectivity index (χ3n) is 5.79. The van der Waals surface area contributed by atoms with Gasteiger partial charge in [-0.1, -0.05) is 11.6 Å². The predicted molar refractivity (Wildman–Crippen MR) is 132 cm³/mol. The van der Waals surface area contributed by atoms with Gasteiger partial charge in [0.2, 0.25) is 5.91 Å². The quantitative estimate of drug-likeness (QED) is 0.445. The number of nitrogens with one attached hydrogen (secondary N) is 2. The van der Waals surface area contributed by atoms with Crippen LogP contribution in [0.5, 0.6) is 0 Å². The fourth-order valence-electron chi connectivity index (χ4n) is 3.90. The van der Waals surface area contributed by atoms with E-state index in [4.69, 9.17) is 21.4 Å². The molecule has 11 nitrogen and oxygen atoms in total. The molecule has 37 heavy (non-hydrogen) atoms. The van der Waals surface area contributed by atoms with E-state index in [1.165, 1.54) is 48.7 Å². The van der Waals surface area contributed by atoms with Crippen LogP contribution in [0.15, 0.2) is 59.7 Å². The van der Waals surface area contributed by atoms with Crippen LogP contribution in [-0.2, 0) is 9.53 Å². The molecular weight excluding hydrogens is 509 g/mol. The second kappa shape index (κ2) is 10.8. The molecule has 0 spiro atoms. The highest BCUT2D eigenvalue weighted by Gasteiger charge is 2.40. The van der Waals surface area contributed by atoms with Crippen LogP contribution in [0.2, 0.25) is 5.02 Å². The van der Waals surface area contributed by atoms with Gasteiger partial charge in [-0.25, -0.2) is 19.0 Å². The molecule has 0 aliphatic carbocycles. The van der Waals surface area contributed by atoms with Gasteiger partial charge in [0.25, 0.3) is 5.56 Å². The van der Waals surface area contributed by atoms with Gasteiger partial charge in [-0.2, -0.15) is 0 Å². The molecule has 1 fully saturated rings. The van der Waals surface area contributed by atoms with Crippen molar-refractivity contribution in [3.63, 3.8) is 0 Å². The number of halogens is 2. The highest BCUT2D eigenvalue weighted by atomic mass is 35.5. The van der Waals surface area contributed by atoms with Crippen molar-refractivity contribution in [2.24, 2.45) is 0 Å². The molecule has 2 aromatic heterocycles. The Balaban J connectivity index is 1.52. The molecule has 2 atom stereocenters. The van der Waals surface area contributed by atoms with E-state index < -0.39 is 47.0 Å². The van der Waals surface area contributed by atoms with Gasteiger partial charge in [-0.15, -0.1) is 0 Å². The Bertz CT molecular complexity index is 1410. The molecule has 3 amide bonds. The first-order chi connectivity index (χ1) is 17.7. The maximum absolute atomic E-state index is 14.9.